The molecule has 0 unspecified atom stereocenters. The molecule has 13 heavy (non-hydrogen) atoms. The van der Waals surface area contributed by atoms with Crippen LogP contribution in [0.3, 0.4) is 0 Å². The molecule has 3 nitrogen and oxygen atoms in total. The summed E-state index contributed by atoms with van der Waals surface area (Å²) >= 11 is 1.97. The minimum Gasteiger partial charge on any atom is -0.312 e. The molecule has 0 aliphatic rings. The van der Waals surface area contributed by atoms with Crippen molar-refractivity contribution in [3.63, 3.8) is 0 Å². The Labute approximate surface area is 83.9 Å². The van der Waals surface area contributed by atoms with Crippen LogP contribution in [0, 0.1) is 0 Å². The van der Waals surface area contributed by atoms with Crippen molar-refractivity contribution in [3.05, 3.63) is 18.0 Å². The first-order valence-corrected chi connectivity index (χ1v) is 5.74. The Morgan fingerprint density at radius 3 is 3.08 bits per heavy atom. The van der Waals surface area contributed by atoms with E-state index in [-0.39, 0.29) is 0 Å². The van der Waals surface area contributed by atoms with Crippen molar-refractivity contribution in [1.29, 1.82) is 0 Å². The summed E-state index contributed by atoms with van der Waals surface area (Å²) in [5.41, 5.74) is 1.25. The van der Waals surface area contributed by atoms with Crippen LogP contribution in [0.2, 0.25) is 0 Å². The lowest BCUT2D eigenvalue weighted by atomic mass is 10.3. The molecule has 0 saturated heterocycles. The molecule has 1 heterocycles. The van der Waals surface area contributed by atoms with E-state index in [0.717, 1.165) is 13.1 Å². The van der Waals surface area contributed by atoms with E-state index in [1.54, 1.807) is 0 Å². The molecule has 0 fully saturated rings. The maximum atomic E-state index is 4.10. The van der Waals surface area contributed by atoms with Crippen LogP contribution in [-0.4, -0.2) is 27.8 Å². The predicted molar refractivity (Wildman–Crippen MR) is 57.9 cm³/mol. The molecule has 0 spiro atoms. The normalized spacial score (nSPS) is 10.6. The van der Waals surface area contributed by atoms with Crippen molar-refractivity contribution in [2.45, 2.75) is 13.5 Å². The van der Waals surface area contributed by atoms with E-state index < -0.39 is 0 Å². The first-order chi connectivity index (χ1) is 6.33. The SMILES string of the molecule is CCSCCNCc1cnn(C)c1. The second kappa shape index (κ2) is 6.05. The van der Waals surface area contributed by atoms with E-state index in [9.17, 15) is 0 Å². The number of thioether (sulfide) groups is 1. The summed E-state index contributed by atoms with van der Waals surface area (Å²) in [7, 11) is 1.94. The van der Waals surface area contributed by atoms with Gasteiger partial charge in [-0.2, -0.15) is 16.9 Å². The van der Waals surface area contributed by atoms with Crippen LogP contribution in [0.4, 0.5) is 0 Å². The topological polar surface area (TPSA) is 29.9 Å². The zero-order valence-corrected chi connectivity index (χ0v) is 9.10. The van der Waals surface area contributed by atoms with Crippen molar-refractivity contribution in [3.8, 4) is 0 Å². The number of nitrogens with one attached hydrogen (secondary N) is 1. The third-order valence-corrected chi connectivity index (χ3v) is 2.62. The number of nitrogens with zero attached hydrogens (tertiary/aromatic N) is 2. The molecular weight excluding hydrogens is 182 g/mol. The van der Waals surface area contributed by atoms with Crippen molar-refractivity contribution in [1.82, 2.24) is 15.1 Å². The summed E-state index contributed by atoms with van der Waals surface area (Å²) in [4.78, 5) is 0. The molecule has 4 heteroatoms. The molecule has 1 aromatic heterocycles. The molecule has 1 aromatic rings. The number of aryl methyl sites for hydroxylation is 1. The Bertz CT molecular complexity index is 235. The van der Waals surface area contributed by atoms with Gasteiger partial charge in [0.2, 0.25) is 0 Å². The van der Waals surface area contributed by atoms with E-state index in [0.29, 0.717) is 0 Å². The van der Waals surface area contributed by atoms with E-state index in [4.69, 9.17) is 0 Å². The molecule has 0 bridgehead atoms. The summed E-state index contributed by atoms with van der Waals surface area (Å²) < 4.78 is 1.83. The largest absolute Gasteiger partial charge is 0.312 e. The average molecular weight is 199 g/mol. The molecule has 0 atom stereocenters. The second-order valence-corrected chi connectivity index (χ2v) is 4.29. The maximum Gasteiger partial charge on any atom is 0.0534 e. The first-order valence-electron chi connectivity index (χ1n) is 4.59. The van der Waals surface area contributed by atoms with Crippen LogP contribution in [-0.2, 0) is 13.6 Å². The summed E-state index contributed by atoms with van der Waals surface area (Å²) in [6, 6.07) is 0. The standard InChI is InChI=1S/C9H17N3S/c1-3-13-5-4-10-6-9-7-11-12(2)8-9/h7-8,10H,3-6H2,1-2H3. The Morgan fingerprint density at radius 1 is 1.62 bits per heavy atom. The molecular formula is C9H17N3S. The quantitative estimate of drug-likeness (QED) is 0.700. The zero-order chi connectivity index (χ0) is 9.52. The number of hydrogen-bond acceptors (Lipinski definition) is 3. The van der Waals surface area contributed by atoms with Gasteiger partial charge in [0, 0.05) is 37.7 Å². The lowest BCUT2D eigenvalue weighted by Gasteiger charge is -2.00. The highest BCUT2D eigenvalue weighted by Crippen LogP contribution is 1.97. The van der Waals surface area contributed by atoms with Crippen molar-refractivity contribution < 1.29 is 0 Å². The Kier molecular flexibility index (Phi) is 4.93. The molecule has 1 rings (SSSR count). The molecule has 0 amide bonds. The monoisotopic (exact) mass is 199 g/mol. The van der Waals surface area contributed by atoms with Gasteiger partial charge >= 0.3 is 0 Å². The Morgan fingerprint density at radius 2 is 2.46 bits per heavy atom. The zero-order valence-electron chi connectivity index (χ0n) is 8.29. The lowest BCUT2D eigenvalue weighted by molar-refractivity contribution is 0.728. The summed E-state index contributed by atoms with van der Waals surface area (Å²) in [5, 5.41) is 7.48. The summed E-state index contributed by atoms with van der Waals surface area (Å²) in [6.07, 6.45) is 3.94. The molecule has 0 aliphatic heterocycles. The second-order valence-electron chi connectivity index (χ2n) is 2.90. The Balaban J connectivity index is 2.06. The fourth-order valence-electron chi connectivity index (χ4n) is 1.08. The van der Waals surface area contributed by atoms with Crippen LogP contribution in [0.25, 0.3) is 0 Å². The van der Waals surface area contributed by atoms with Gasteiger partial charge in [-0.05, 0) is 5.75 Å². The van der Waals surface area contributed by atoms with Crippen LogP contribution >= 0.6 is 11.8 Å². The summed E-state index contributed by atoms with van der Waals surface area (Å²) in [6.45, 7) is 4.19. The van der Waals surface area contributed by atoms with E-state index in [1.807, 2.05) is 35.9 Å². The van der Waals surface area contributed by atoms with Crippen molar-refractivity contribution >= 4 is 11.8 Å². The number of aromatic nitrogens is 2. The van der Waals surface area contributed by atoms with E-state index in [1.165, 1.54) is 17.1 Å². The van der Waals surface area contributed by atoms with Gasteiger partial charge in [0.15, 0.2) is 0 Å². The van der Waals surface area contributed by atoms with Gasteiger partial charge in [-0.25, -0.2) is 0 Å². The summed E-state index contributed by atoms with van der Waals surface area (Å²) in [5.74, 6) is 2.39. The van der Waals surface area contributed by atoms with Gasteiger partial charge in [-0.15, -0.1) is 0 Å². The highest BCUT2D eigenvalue weighted by atomic mass is 32.2. The number of hydrogen-bond donors (Lipinski definition) is 1. The molecule has 0 saturated carbocycles. The van der Waals surface area contributed by atoms with Crippen LogP contribution in [0.1, 0.15) is 12.5 Å². The molecule has 0 aliphatic carbocycles. The Hall–Kier alpha value is -0.480. The number of rotatable bonds is 6. The fraction of sp³-hybridized carbons (Fsp3) is 0.667. The van der Waals surface area contributed by atoms with Crippen LogP contribution in [0.5, 0.6) is 0 Å². The maximum absolute atomic E-state index is 4.10. The molecule has 0 aromatic carbocycles. The molecule has 0 radical (unpaired) electrons. The minimum atomic E-state index is 0.929. The fourth-order valence-corrected chi connectivity index (χ4v) is 1.66. The van der Waals surface area contributed by atoms with Crippen LogP contribution in [0.15, 0.2) is 12.4 Å². The van der Waals surface area contributed by atoms with Gasteiger partial charge in [-0.1, -0.05) is 6.92 Å². The van der Waals surface area contributed by atoms with E-state index >= 15 is 0 Å². The van der Waals surface area contributed by atoms with Gasteiger partial charge in [-0.3, -0.25) is 4.68 Å². The van der Waals surface area contributed by atoms with Crippen LogP contribution < -0.4 is 5.32 Å². The molecule has 1 N–H and O–H groups in total. The predicted octanol–water partition coefficient (Wildman–Crippen LogP) is 1.26. The van der Waals surface area contributed by atoms with Gasteiger partial charge in [0.1, 0.15) is 0 Å². The average Bonchev–Trinajstić information content (AvgIpc) is 2.51. The highest BCUT2D eigenvalue weighted by Gasteiger charge is 1.94. The van der Waals surface area contributed by atoms with E-state index in [2.05, 4.69) is 17.3 Å². The highest BCUT2D eigenvalue weighted by molar-refractivity contribution is 7.99. The third kappa shape index (κ3) is 4.33. The van der Waals surface area contributed by atoms with Crippen molar-refractivity contribution in [2.75, 3.05) is 18.1 Å². The van der Waals surface area contributed by atoms with Gasteiger partial charge < -0.3 is 5.32 Å². The molecule has 74 valence electrons. The first kappa shape index (κ1) is 10.6. The van der Waals surface area contributed by atoms with Gasteiger partial charge in [0.25, 0.3) is 0 Å². The van der Waals surface area contributed by atoms with Crippen molar-refractivity contribution in [2.24, 2.45) is 7.05 Å². The lowest BCUT2D eigenvalue weighted by Crippen LogP contribution is -2.16. The minimum absolute atomic E-state index is 0.929. The smallest absolute Gasteiger partial charge is 0.0534 e. The van der Waals surface area contributed by atoms with Gasteiger partial charge in [0.05, 0.1) is 6.20 Å². The third-order valence-electron chi connectivity index (χ3n) is 1.71.